The first-order valence-electron chi connectivity index (χ1n) is 7.29. The van der Waals surface area contributed by atoms with Crippen LogP contribution in [-0.2, 0) is 16.1 Å². The number of benzene rings is 1. The van der Waals surface area contributed by atoms with Crippen LogP contribution in [-0.4, -0.2) is 28.3 Å². The summed E-state index contributed by atoms with van der Waals surface area (Å²) < 4.78 is 13.3. The van der Waals surface area contributed by atoms with Crippen molar-refractivity contribution in [3.8, 4) is 0 Å². The molecule has 4 nitrogen and oxygen atoms in total. The second-order valence-corrected chi connectivity index (χ2v) is 5.62. The van der Waals surface area contributed by atoms with Crippen molar-refractivity contribution in [2.24, 2.45) is 0 Å². The van der Waals surface area contributed by atoms with Crippen molar-refractivity contribution < 1.29 is 14.0 Å². The number of hydrogen-bond acceptors (Lipinski definition) is 2. The number of carbonyl (C=O) groups is 2. The molecule has 2 rings (SSSR count). The van der Waals surface area contributed by atoms with Gasteiger partial charge in [0, 0.05) is 6.54 Å². The molecule has 1 aliphatic heterocycles. The number of rotatable bonds is 4. The Balaban J connectivity index is 2.35. The summed E-state index contributed by atoms with van der Waals surface area (Å²) in [5.74, 6) is -0.592. The molecule has 1 N–H and O–H groups in total. The van der Waals surface area contributed by atoms with Gasteiger partial charge >= 0.3 is 0 Å². The van der Waals surface area contributed by atoms with Crippen LogP contribution in [0.25, 0.3) is 0 Å². The number of nitrogens with one attached hydrogen (secondary N) is 1. The smallest absolute Gasteiger partial charge is 0.246 e. The number of amides is 2. The zero-order valence-electron chi connectivity index (χ0n) is 12.6. The van der Waals surface area contributed by atoms with Gasteiger partial charge in [-0.15, -0.1) is 0 Å². The van der Waals surface area contributed by atoms with Crippen molar-refractivity contribution in [3.63, 3.8) is 0 Å². The molecule has 1 aromatic carbocycles. The van der Waals surface area contributed by atoms with E-state index in [1.807, 2.05) is 13.8 Å². The van der Waals surface area contributed by atoms with Gasteiger partial charge in [0.15, 0.2) is 0 Å². The Morgan fingerprint density at radius 2 is 2.05 bits per heavy atom. The van der Waals surface area contributed by atoms with E-state index in [1.54, 1.807) is 24.0 Å². The average molecular weight is 292 g/mol. The number of nitrogens with zero attached hydrogens (tertiary/aromatic N) is 1. The molecule has 0 spiro atoms. The van der Waals surface area contributed by atoms with Gasteiger partial charge in [0.2, 0.25) is 11.8 Å². The van der Waals surface area contributed by atoms with E-state index in [0.29, 0.717) is 18.4 Å². The molecule has 0 saturated carbocycles. The number of halogens is 1. The number of hydrogen-bond donors (Lipinski definition) is 1. The summed E-state index contributed by atoms with van der Waals surface area (Å²) >= 11 is 0. The van der Waals surface area contributed by atoms with Gasteiger partial charge in [-0.3, -0.25) is 9.59 Å². The third-order valence-corrected chi connectivity index (χ3v) is 4.28. The second-order valence-electron chi connectivity index (χ2n) is 5.62. The Hall–Kier alpha value is -1.91. The van der Waals surface area contributed by atoms with Gasteiger partial charge in [-0.2, -0.15) is 0 Å². The fraction of sp³-hybridized carbons (Fsp3) is 0.500. The Morgan fingerprint density at radius 3 is 2.62 bits per heavy atom. The molecule has 1 fully saturated rings. The van der Waals surface area contributed by atoms with Gasteiger partial charge in [-0.1, -0.05) is 26.0 Å². The summed E-state index contributed by atoms with van der Waals surface area (Å²) in [5, 5.41) is 2.78. The fourth-order valence-electron chi connectivity index (χ4n) is 2.63. The molecule has 0 aromatic heterocycles. The van der Waals surface area contributed by atoms with E-state index in [9.17, 15) is 14.0 Å². The molecule has 0 bridgehead atoms. The topological polar surface area (TPSA) is 49.4 Å². The normalized spacial score (nSPS) is 25.9. The lowest BCUT2D eigenvalue weighted by Gasteiger charge is -2.46. The van der Waals surface area contributed by atoms with E-state index in [0.717, 1.165) is 0 Å². The lowest BCUT2D eigenvalue weighted by molar-refractivity contribution is -0.157. The molecule has 0 radical (unpaired) electrons. The molecular formula is C16H21FN2O2. The maximum absolute atomic E-state index is 13.3. The minimum atomic E-state index is -0.894. The van der Waals surface area contributed by atoms with Crippen molar-refractivity contribution in [1.29, 1.82) is 0 Å². The van der Waals surface area contributed by atoms with Gasteiger partial charge in [0.05, 0.1) is 0 Å². The van der Waals surface area contributed by atoms with E-state index in [4.69, 9.17) is 0 Å². The highest BCUT2D eigenvalue weighted by Gasteiger charge is 2.47. The van der Waals surface area contributed by atoms with E-state index in [-0.39, 0.29) is 24.2 Å². The van der Waals surface area contributed by atoms with Crippen LogP contribution in [0.5, 0.6) is 0 Å². The Labute approximate surface area is 124 Å². The van der Waals surface area contributed by atoms with Crippen LogP contribution in [0.2, 0.25) is 0 Å². The molecule has 0 aliphatic carbocycles. The Morgan fingerprint density at radius 1 is 1.33 bits per heavy atom. The van der Waals surface area contributed by atoms with Gasteiger partial charge < -0.3 is 10.2 Å². The summed E-state index contributed by atoms with van der Waals surface area (Å²) in [6.45, 7) is 5.73. The minimum absolute atomic E-state index is 0.106. The van der Waals surface area contributed by atoms with Crippen LogP contribution in [0.4, 0.5) is 4.39 Å². The van der Waals surface area contributed by atoms with E-state index in [1.165, 1.54) is 12.1 Å². The van der Waals surface area contributed by atoms with E-state index < -0.39 is 11.6 Å². The van der Waals surface area contributed by atoms with Crippen molar-refractivity contribution >= 4 is 11.8 Å². The summed E-state index contributed by atoms with van der Waals surface area (Å²) in [6, 6.07) is 5.64. The van der Waals surface area contributed by atoms with Crippen LogP contribution >= 0.6 is 0 Å². The summed E-state index contributed by atoms with van der Waals surface area (Å²) in [4.78, 5) is 26.5. The van der Waals surface area contributed by atoms with Crippen molar-refractivity contribution in [3.05, 3.63) is 35.6 Å². The maximum Gasteiger partial charge on any atom is 0.246 e. The Bertz CT molecular complexity index is 561. The van der Waals surface area contributed by atoms with Crippen LogP contribution in [0.15, 0.2) is 24.3 Å². The number of carbonyl (C=O) groups excluding carboxylic acids is 2. The second kappa shape index (κ2) is 5.84. The van der Waals surface area contributed by atoms with Gasteiger partial charge in [-0.25, -0.2) is 4.39 Å². The third-order valence-electron chi connectivity index (χ3n) is 4.28. The number of piperazine rings is 1. The largest absolute Gasteiger partial charge is 0.342 e. The summed E-state index contributed by atoms with van der Waals surface area (Å²) in [7, 11) is 0. The summed E-state index contributed by atoms with van der Waals surface area (Å²) in [6.07, 6.45) is 1.06. The monoisotopic (exact) mass is 292 g/mol. The van der Waals surface area contributed by atoms with Crippen LogP contribution in [0, 0.1) is 5.82 Å². The first-order valence-corrected chi connectivity index (χ1v) is 7.29. The first-order chi connectivity index (χ1) is 9.92. The highest BCUT2D eigenvalue weighted by atomic mass is 19.1. The lowest BCUT2D eigenvalue weighted by atomic mass is 9.89. The molecule has 1 saturated heterocycles. The van der Waals surface area contributed by atoms with Crippen molar-refractivity contribution in [1.82, 2.24) is 10.2 Å². The molecular weight excluding hydrogens is 271 g/mol. The fourth-order valence-corrected chi connectivity index (χ4v) is 2.63. The van der Waals surface area contributed by atoms with Gasteiger partial charge in [0.25, 0.3) is 0 Å². The lowest BCUT2D eigenvalue weighted by Crippen LogP contribution is -2.68. The van der Waals surface area contributed by atoms with Crippen LogP contribution < -0.4 is 5.32 Å². The van der Waals surface area contributed by atoms with Gasteiger partial charge in [-0.05, 0) is 37.5 Å². The molecule has 1 aromatic rings. The molecule has 21 heavy (non-hydrogen) atoms. The first kappa shape index (κ1) is 15.5. The molecule has 2 atom stereocenters. The highest BCUT2D eigenvalue weighted by molar-refractivity contribution is 5.99. The standard InChI is InChI=1S/C16H21FN2O2/c1-4-13-14(20)19(16(3,5-2)15(21)18-13)10-11-7-6-8-12(17)9-11/h6-9,13H,4-5,10H2,1-3H3,(H,18,21). The minimum Gasteiger partial charge on any atom is -0.342 e. The molecule has 1 heterocycles. The predicted molar refractivity (Wildman–Crippen MR) is 77.9 cm³/mol. The highest BCUT2D eigenvalue weighted by Crippen LogP contribution is 2.27. The van der Waals surface area contributed by atoms with Crippen molar-refractivity contribution in [2.75, 3.05) is 0 Å². The molecule has 114 valence electrons. The van der Waals surface area contributed by atoms with Crippen molar-refractivity contribution in [2.45, 2.75) is 51.7 Å². The quantitative estimate of drug-likeness (QED) is 0.925. The van der Waals surface area contributed by atoms with Gasteiger partial charge in [0.1, 0.15) is 17.4 Å². The van der Waals surface area contributed by atoms with E-state index >= 15 is 0 Å². The predicted octanol–water partition coefficient (Wildman–Crippen LogP) is 2.23. The molecule has 2 amide bonds. The van der Waals surface area contributed by atoms with Crippen LogP contribution in [0.1, 0.15) is 39.2 Å². The molecule has 5 heteroatoms. The van der Waals surface area contributed by atoms with E-state index in [2.05, 4.69) is 5.32 Å². The zero-order chi connectivity index (χ0) is 15.6. The summed E-state index contributed by atoms with van der Waals surface area (Å²) in [5.41, 5.74) is -0.206. The third kappa shape index (κ3) is 2.77. The molecule has 2 unspecified atom stereocenters. The average Bonchev–Trinajstić information content (AvgIpc) is 2.47. The Kier molecular flexibility index (Phi) is 4.30. The zero-order valence-corrected chi connectivity index (χ0v) is 12.6. The molecule has 1 aliphatic rings. The maximum atomic E-state index is 13.3. The van der Waals surface area contributed by atoms with Crippen LogP contribution in [0.3, 0.4) is 0 Å². The SMILES string of the molecule is CCC1NC(=O)C(C)(CC)N(Cc2cccc(F)c2)C1=O.